The lowest BCUT2D eigenvalue weighted by atomic mass is 10.1. The molecule has 3 aromatic rings. The number of hydrogen-bond acceptors (Lipinski definition) is 5. The Morgan fingerprint density at radius 1 is 1.13 bits per heavy atom. The molecule has 0 radical (unpaired) electrons. The Morgan fingerprint density at radius 3 is 2.63 bits per heavy atom. The van der Waals surface area contributed by atoms with Gasteiger partial charge in [-0.1, -0.05) is 0 Å². The van der Waals surface area contributed by atoms with Gasteiger partial charge in [-0.05, 0) is 61.4 Å². The summed E-state index contributed by atoms with van der Waals surface area (Å²) in [5, 5.41) is 4.34. The monoisotopic (exact) mass is 407 g/mol. The van der Waals surface area contributed by atoms with Crippen molar-refractivity contribution in [2.24, 2.45) is 0 Å². The van der Waals surface area contributed by atoms with Gasteiger partial charge in [0.15, 0.2) is 0 Å². The summed E-state index contributed by atoms with van der Waals surface area (Å²) in [7, 11) is 1.65. The van der Waals surface area contributed by atoms with Crippen LogP contribution < -0.4 is 19.7 Å². The first-order chi connectivity index (χ1) is 14.6. The second-order valence-electron chi connectivity index (χ2n) is 7.18. The number of aromatic nitrogens is 1. The fourth-order valence-electron chi connectivity index (χ4n) is 3.79. The average molecular weight is 407 g/mol. The van der Waals surface area contributed by atoms with E-state index in [1.807, 2.05) is 31.3 Å². The molecule has 156 valence electrons. The molecular formula is C23H25N3O4. The summed E-state index contributed by atoms with van der Waals surface area (Å²) in [4.78, 5) is 29.8. The molecule has 30 heavy (non-hydrogen) atoms. The molecule has 0 spiro atoms. The number of fused-ring (bicyclic) bond motifs is 1. The van der Waals surface area contributed by atoms with Gasteiger partial charge >= 0.3 is 0 Å². The highest BCUT2D eigenvalue weighted by Gasteiger charge is 2.39. The number of nitrogens with zero attached hydrogens (tertiary/aromatic N) is 1. The van der Waals surface area contributed by atoms with E-state index in [2.05, 4.69) is 10.3 Å². The molecule has 2 amide bonds. The molecule has 7 nitrogen and oxygen atoms in total. The highest BCUT2D eigenvalue weighted by molar-refractivity contribution is 6.22. The maximum absolute atomic E-state index is 12.8. The van der Waals surface area contributed by atoms with Gasteiger partial charge < -0.3 is 19.8 Å². The summed E-state index contributed by atoms with van der Waals surface area (Å²) in [6.45, 7) is 3.06. The van der Waals surface area contributed by atoms with Gasteiger partial charge in [0.1, 0.15) is 11.5 Å². The number of rotatable bonds is 8. The van der Waals surface area contributed by atoms with Crippen LogP contribution in [0.2, 0.25) is 0 Å². The van der Waals surface area contributed by atoms with Crippen LogP contribution in [0.5, 0.6) is 11.5 Å². The molecule has 1 aliphatic rings. The van der Waals surface area contributed by atoms with E-state index in [0.717, 1.165) is 28.6 Å². The Labute approximate surface area is 175 Å². The third kappa shape index (κ3) is 3.89. The minimum Gasteiger partial charge on any atom is -0.497 e. The molecule has 1 atom stereocenters. The number of ether oxygens (including phenoxy) is 2. The lowest BCUT2D eigenvalue weighted by Crippen LogP contribution is -2.39. The molecule has 2 aromatic carbocycles. The molecule has 1 aromatic heterocycles. The van der Waals surface area contributed by atoms with E-state index in [4.69, 9.17) is 9.47 Å². The van der Waals surface area contributed by atoms with Crippen molar-refractivity contribution in [3.8, 4) is 11.5 Å². The average Bonchev–Trinajstić information content (AvgIpc) is 3.29. The summed E-state index contributed by atoms with van der Waals surface area (Å²) in [5.74, 6) is 1.10. The smallest absolute Gasteiger partial charge is 0.251 e. The van der Waals surface area contributed by atoms with Gasteiger partial charge in [0, 0.05) is 23.6 Å². The molecule has 1 aliphatic heterocycles. The zero-order valence-electron chi connectivity index (χ0n) is 17.1. The summed E-state index contributed by atoms with van der Waals surface area (Å²) in [6, 6.07) is 12.4. The minimum absolute atomic E-state index is 0.160. The topological polar surface area (TPSA) is 83.7 Å². The Kier molecular flexibility index (Phi) is 5.72. The summed E-state index contributed by atoms with van der Waals surface area (Å²) < 4.78 is 10.7. The van der Waals surface area contributed by atoms with E-state index in [0.29, 0.717) is 24.6 Å². The number of H-pyrrole nitrogens is 1. The largest absolute Gasteiger partial charge is 0.497 e. The number of nitrogens with one attached hydrogen (secondary N) is 2. The van der Waals surface area contributed by atoms with Crippen LogP contribution in [0.15, 0.2) is 48.7 Å². The Morgan fingerprint density at radius 2 is 1.90 bits per heavy atom. The van der Waals surface area contributed by atoms with Gasteiger partial charge in [-0.15, -0.1) is 0 Å². The number of methoxy groups -OCH3 is 1. The van der Waals surface area contributed by atoms with Crippen LogP contribution in [0.4, 0.5) is 5.69 Å². The second kappa shape index (κ2) is 8.59. The van der Waals surface area contributed by atoms with Crippen LogP contribution in [0, 0.1) is 0 Å². The maximum atomic E-state index is 12.8. The van der Waals surface area contributed by atoms with Crippen molar-refractivity contribution in [3.63, 3.8) is 0 Å². The normalized spacial score (nSPS) is 16.5. The maximum Gasteiger partial charge on any atom is 0.251 e. The number of carbonyl (C=O) groups excluding carboxylic acids is 2. The molecule has 4 rings (SSSR count). The third-order valence-electron chi connectivity index (χ3n) is 5.31. The molecule has 1 saturated heterocycles. The Hall–Kier alpha value is -3.32. The van der Waals surface area contributed by atoms with Crippen LogP contribution in [0.1, 0.15) is 18.9 Å². The number of carbonyl (C=O) groups is 2. The van der Waals surface area contributed by atoms with Crippen molar-refractivity contribution in [2.45, 2.75) is 25.8 Å². The molecule has 2 heterocycles. The van der Waals surface area contributed by atoms with E-state index < -0.39 is 6.04 Å². The molecular weight excluding hydrogens is 382 g/mol. The summed E-state index contributed by atoms with van der Waals surface area (Å²) in [6.07, 6.45) is 2.86. The molecule has 0 bridgehead atoms. The first-order valence-corrected chi connectivity index (χ1v) is 10.1. The van der Waals surface area contributed by atoms with Crippen molar-refractivity contribution < 1.29 is 19.1 Å². The van der Waals surface area contributed by atoms with E-state index in [1.54, 1.807) is 31.4 Å². The quantitative estimate of drug-likeness (QED) is 0.561. The number of benzene rings is 2. The standard InChI is InChI=1S/C23H25N3O4/c1-3-30-17-6-4-16(5-7-17)26-22(27)13-21(23(26)28)24-11-10-15-14-25-20-9-8-18(29-2)12-19(15)20/h4-9,12,14,21,24-25H,3,10-11,13H2,1-2H3/t21-/m0/s1. The number of anilines is 1. The van der Waals surface area contributed by atoms with Crippen molar-refractivity contribution in [1.82, 2.24) is 10.3 Å². The Balaban J connectivity index is 1.39. The SMILES string of the molecule is CCOc1ccc(N2C(=O)C[C@H](NCCc3c[nH]c4ccc(OC)cc34)C2=O)cc1. The fraction of sp³-hybridized carbons (Fsp3) is 0.304. The zero-order chi connectivity index (χ0) is 21.1. The molecule has 2 N–H and O–H groups in total. The lowest BCUT2D eigenvalue weighted by Gasteiger charge is -2.16. The van der Waals surface area contributed by atoms with E-state index >= 15 is 0 Å². The summed E-state index contributed by atoms with van der Waals surface area (Å²) in [5.41, 5.74) is 2.75. The second-order valence-corrected chi connectivity index (χ2v) is 7.18. The molecule has 0 unspecified atom stereocenters. The number of imide groups is 1. The van der Waals surface area contributed by atoms with Gasteiger partial charge in [-0.2, -0.15) is 0 Å². The predicted molar refractivity (Wildman–Crippen MR) is 115 cm³/mol. The van der Waals surface area contributed by atoms with Gasteiger partial charge in [-0.3, -0.25) is 9.59 Å². The van der Waals surface area contributed by atoms with Gasteiger partial charge in [0.25, 0.3) is 5.91 Å². The zero-order valence-corrected chi connectivity index (χ0v) is 17.1. The van der Waals surface area contributed by atoms with Crippen molar-refractivity contribution in [1.29, 1.82) is 0 Å². The van der Waals surface area contributed by atoms with Gasteiger partial charge in [-0.25, -0.2) is 4.90 Å². The number of hydrogen-bond donors (Lipinski definition) is 2. The first-order valence-electron chi connectivity index (χ1n) is 10.1. The minimum atomic E-state index is -0.510. The van der Waals surface area contributed by atoms with Crippen molar-refractivity contribution in [3.05, 3.63) is 54.2 Å². The fourth-order valence-corrected chi connectivity index (χ4v) is 3.79. The molecule has 0 aliphatic carbocycles. The number of aromatic amines is 1. The van der Waals surface area contributed by atoms with Crippen LogP contribution in [-0.4, -0.2) is 43.1 Å². The molecule has 7 heteroatoms. The van der Waals surface area contributed by atoms with Gasteiger partial charge in [0.05, 0.1) is 31.9 Å². The third-order valence-corrected chi connectivity index (χ3v) is 5.31. The van der Waals surface area contributed by atoms with Crippen LogP contribution in [0.3, 0.4) is 0 Å². The van der Waals surface area contributed by atoms with E-state index in [1.165, 1.54) is 4.90 Å². The van der Waals surface area contributed by atoms with E-state index in [-0.39, 0.29) is 18.2 Å². The van der Waals surface area contributed by atoms with E-state index in [9.17, 15) is 9.59 Å². The summed E-state index contributed by atoms with van der Waals surface area (Å²) >= 11 is 0. The van der Waals surface area contributed by atoms with Crippen molar-refractivity contribution in [2.75, 3.05) is 25.2 Å². The van der Waals surface area contributed by atoms with Gasteiger partial charge in [0.2, 0.25) is 5.91 Å². The van der Waals surface area contributed by atoms with Crippen molar-refractivity contribution >= 4 is 28.4 Å². The van der Waals surface area contributed by atoms with Crippen LogP contribution >= 0.6 is 0 Å². The molecule has 1 fully saturated rings. The first kappa shape index (κ1) is 20.0. The lowest BCUT2D eigenvalue weighted by molar-refractivity contribution is -0.121. The van der Waals surface area contributed by atoms with Crippen LogP contribution in [-0.2, 0) is 16.0 Å². The highest BCUT2D eigenvalue weighted by Crippen LogP contribution is 2.26. The highest BCUT2D eigenvalue weighted by atomic mass is 16.5. The Bertz CT molecular complexity index is 1060. The van der Waals surface area contributed by atoms with Crippen LogP contribution in [0.25, 0.3) is 10.9 Å². The molecule has 0 saturated carbocycles. The number of amides is 2. The predicted octanol–water partition coefficient (Wildman–Crippen LogP) is 3.04.